The molecule has 0 unspecified atom stereocenters. The number of carbonyl (C=O) groups excluding carboxylic acids is 1. The third-order valence-electron chi connectivity index (χ3n) is 3.64. The number of H-pyrrole nitrogens is 1. The molecule has 108 valence electrons. The van der Waals surface area contributed by atoms with Crippen molar-refractivity contribution >= 4 is 15.9 Å². The molecule has 6 nitrogen and oxygen atoms in total. The van der Waals surface area contributed by atoms with Gasteiger partial charge in [0.15, 0.2) is 0 Å². The largest absolute Gasteiger partial charge is 0.356 e. The van der Waals surface area contributed by atoms with Crippen LogP contribution < -0.4 is 10.5 Å². The Kier molecular flexibility index (Phi) is 4.75. The van der Waals surface area contributed by atoms with Crippen molar-refractivity contribution in [3.05, 3.63) is 18.0 Å². The van der Waals surface area contributed by atoms with Crippen molar-refractivity contribution in [2.45, 2.75) is 50.5 Å². The first-order valence-corrected chi connectivity index (χ1v) is 7.86. The van der Waals surface area contributed by atoms with Crippen LogP contribution in [0, 0.1) is 0 Å². The summed E-state index contributed by atoms with van der Waals surface area (Å²) in [5.41, 5.74) is -0.0621. The molecule has 0 aliphatic carbocycles. The van der Waals surface area contributed by atoms with E-state index in [-0.39, 0.29) is 22.0 Å². The van der Waals surface area contributed by atoms with Crippen molar-refractivity contribution in [2.75, 3.05) is 0 Å². The van der Waals surface area contributed by atoms with E-state index in [2.05, 4.69) is 10.3 Å². The molecule has 0 aromatic carbocycles. The van der Waals surface area contributed by atoms with Gasteiger partial charge in [0.2, 0.25) is 10.0 Å². The molecular formula is C12H21N3O3S. The zero-order valence-corrected chi connectivity index (χ0v) is 12.3. The fourth-order valence-electron chi connectivity index (χ4n) is 1.99. The van der Waals surface area contributed by atoms with Gasteiger partial charge < -0.3 is 10.3 Å². The number of nitrogens with one attached hydrogen (secondary N) is 2. The van der Waals surface area contributed by atoms with Crippen molar-refractivity contribution in [2.24, 2.45) is 5.14 Å². The third-order valence-corrected chi connectivity index (χ3v) is 4.53. The van der Waals surface area contributed by atoms with Crippen LogP contribution in [0.5, 0.6) is 0 Å². The molecule has 1 heterocycles. The Labute approximate surface area is 113 Å². The van der Waals surface area contributed by atoms with Crippen molar-refractivity contribution in [1.29, 1.82) is 0 Å². The SMILES string of the molecule is CCC(CC)(CC)NC(=O)c1cc(S(N)(=O)=O)c[nH]1. The third kappa shape index (κ3) is 3.57. The van der Waals surface area contributed by atoms with Crippen LogP contribution in [-0.2, 0) is 10.0 Å². The number of nitrogens with two attached hydrogens (primary N) is 1. The fraction of sp³-hybridized carbons (Fsp3) is 0.583. The normalized spacial score (nSPS) is 12.4. The summed E-state index contributed by atoms with van der Waals surface area (Å²) in [4.78, 5) is 14.6. The standard InChI is InChI=1S/C12H21N3O3S/c1-4-12(5-2,6-3)15-11(16)10-7-9(8-14-10)19(13,17)18/h7-8,14H,4-6H2,1-3H3,(H,15,16)(H2,13,17,18). The van der Waals surface area contributed by atoms with Crippen LogP contribution in [-0.4, -0.2) is 24.8 Å². The molecule has 0 fully saturated rings. The fourth-order valence-corrected chi connectivity index (χ4v) is 2.50. The maximum Gasteiger partial charge on any atom is 0.268 e. The van der Waals surface area contributed by atoms with Crippen LogP contribution >= 0.6 is 0 Å². The highest BCUT2D eigenvalue weighted by Crippen LogP contribution is 2.20. The summed E-state index contributed by atoms with van der Waals surface area (Å²) >= 11 is 0. The summed E-state index contributed by atoms with van der Waals surface area (Å²) in [6, 6.07) is 1.25. The van der Waals surface area contributed by atoms with Crippen LogP contribution in [0.4, 0.5) is 0 Å². The molecule has 0 atom stereocenters. The van der Waals surface area contributed by atoms with Gasteiger partial charge in [-0.2, -0.15) is 0 Å². The first-order chi connectivity index (χ1) is 8.78. The molecule has 1 aromatic rings. The number of aromatic nitrogens is 1. The monoisotopic (exact) mass is 287 g/mol. The lowest BCUT2D eigenvalue weighted by molar-refractivity contribution is 0.0883. The zero-order chi connectivity index (χ0) is 14.7. The highest BCUT2D eigenvalue weighted by Gasteiger charge is 2.27. The summed E-state index contributed by atoms with van der Waals surface area (Å²) < 4.78 is 22.3. The molecule has 0 aliphatic heterocycles. The van der Waals surface area contributed by atoms with E-state index in [1.165, 1.54) is 12.3 Å². The smallest absolute Gasteiger partial charge is 0.268 e. The summed E-state index contributed by atoms with van der Waals surface area (Å²) in [6.07, 6.45) is 3.66. The van der Waals surface area contributed by atoms with Gasteiger partial charge in [-0.1, -0.05) is 20.8 Å². The Bertz CT molecular complexity index is 536. The maximum atomic E-state index is 12.1. The lowest BCUT2D eigenvalue weighted by Crippen LogP contribution is -2.47. The number of sulfonamides is 1. The van der Waals surface area contributed by atoms with Crippen LogP contribution in [0.3, 0.4) is 0 Å². The second-order valence-electron chi connectivity index (χ2n) is 4.59. The number of carbonyl (C=O) groups is 1. The van der Waals surface area contributed by atoms with Crippen molar-refractivity contribution in [3.63, 3.8) is 0 Å². The average molecular weight is 287 g/mol. The van der Waals surface area contributed by atoms with Crippen LogP contribution in [0.1, 0.15) is 50.5 Å². The Hall–Kier alpha value is -1.34. The van der Waals surface area contributed by atoms with Gasteiger partial charge in [0.25, 0.3) is 5.91 Å². The number of primary sulfonamides is 1. The van der Waals surface area contributed by atoms with E-state index in [4.69, 9.17) is 5.14 Å². The molecule has 0 saturated carbocycles. The van der Waals surface area contributed by atoms with Gasteiger partial charge in [0, 0.05) is 11.7 Å². The van der Waals surface area contributed by atoms with Gasteiger partial charge in [0.1, 0.15) is 5.69 Å². The lowest BCUT2D eigenvalue weighted by atomic mass is 9.89. The van der Waals surface area contributed by atoms with Gasteiger partial charge in [-0.15, -0.1) is 0 Å². The molecular weight excluding hydrogens is 266 g/mol. The minimum absolute atomic E-state index is 0.0901. The molecule has 0 aliphatic rings. The predicted molar refractivity (Wildman–Crippen MR) is 73.2 cm³/mol. The van der Waals surface area contributed by atoms with E-state index < -0.39 is 10.0 Å². The van der Waals surface area contributed by atoms with Gasteiger partial charge >= 0.3 is 0 Å². The van der Waals surface area contributed by atoms with Gasteiger partial charge in [0.05, 0.1) is 4.90 Å². The first kappa shape index (κ1) is 15.7. The number of hydrogen-bond acceptors (Lipinski definition) is 3. The minimum atomic E-state index is -3.79. The molecule has 0 radical (unpaired) electrons. The Morgan fingerprint density at radius 1 is 1.32 bits per heavy atom. The minimum Gasteiger partial charge on any atom is -0.356 e. The number of hydrogen-bond donors (Lipinski definition) is 3. The predicted octanol–water partition coefficient (Wildman–Crippen LogP) is 1.36. The Morgan fingerprint density at radius 2 is 1.84 bits per heavy atom. The van der Waals surface area contributed by atoms with Gasteiger partial charge in [-0.3, -0.25) is 4.79 Å². The highest BCUT2D eigenvalue weighted by molar-refractivity contribution is 7.89. The highest BCUT2D eigenvalue weighted by atomic mass is 32.2. The van der Waals surface area contributed by atoms with E-state index in [1.807, 2.05) is 20.8 Å². The van der Waals surface area contributed by atoms with Crippen LogP contribution in [0.15, 0.2) is 17.2 Å². The summed E-state index contributed by atoms with van der Waals surface area (Å²) in [7, 11) is -3.79. The van der Waals surface area contributed by atoms with Gasteiger partial charge in [-0.25, -0.2) is 13.6 Å². The lowest BCUT2D eigenvalue weighted by Gasteiger charge is -2.31. The molecule has 1 amide bonds. The molecule has 1 rings (SSSR count). The molecule has 7 heteroatoms. The number of aromatic amines is 1. The number of rotatable bonds is 6. The average Bonchev–Trinajstić information content (AvgIpc) is 2.85. The molecule has 1 aromatic heterocycles. The van der Waals surface area contributed by atoms with E-state index in [0.29, 0.717) is 0 Å². The van der Waals surface area contributed by atoms with Crippen molar-refractivity contribution < 1.29 is 13.2 Å². The molecule has 0 spiro atoms. The van der Waals surface area contributed by atoms with E-state index >= 15 is 0 Å². The first-order valence-electron chi connectivity index (χ1n) is 6.31. The molecule has 4 N–H and O–H groups in total. The van der Waals surface area contributed by atoms with Gasteiger partial charge in [-0.05, 0) is 25.3 Å². The van der Waals surface area contributed by atoms with E-state index in [1.54, 1.807) is 0 Å². The Morgan fingerprint density at radius 3 is 2.21 bits per heavy atom. The second-order valence-corrected chi connectivity index (χ2v) is 6.15. The van der Waals surface area contributed by atoms with Crippen LogP contribution in [0.2, 0.25) is 0 Å². The van der Waals surface area contributed by atoms with Crippen molar-refractivity contribution in [1.82, 2.24) is 10.3 Å². The Balaban J connectivity index is 2.93. The van der Waals surface area contributed by atoms with Crippen LogP contribution in [0.25, 0.3) is 0 Å². The molecule has 0 saturated heterocycles. The quantitative estimate of drug-likeness (QED) is 0.735. The van der Waals surface area contributed by atoms with E-state index in [9.17, 15) is 13.2 Å². The van der Waals surface area contributed by atoms with Crippen molar-refractivity contribution in [3.8, 4) is 0 Å². The second kappa shape index (κ2) is 5.75. The number of amides is 1. The zero-order valence-electron chi connectivity index (χ0n) is 11.5. The van der Waals surface area contributed by atoms with E-state index in [0.717, 1.165) is 19.3 Å². The maximum absolute atomic E-state index is 12.1. The topological polar surface area (TPSA) is 105 Å². The summed E-state index contributed by atoms with van der Waals surface area (Å²) in [5.74, 6) is -0.319. The molecule has 0 bridgehead atoms. The summed E-state index contributed by atoms with van der Waals surface area (Å²) in [5, 5.41) is 7.95. The molecule has 19 heavy (non-hydrogen) atoms. The summed E-state index contributed by atoms with van der Waals surface area (Å²) in [6.45, 7) is 6.03.